The van der Waals surface area contributed by atoms with Gasteiger partial charge < -0.3 is 10.1 Å². The Kier molecular flexibility index (Phi) is 6.77. The van der Waals surface area contributed by atoms with E-state index in [0.29, 0.717) is 19.7 Å². The molecule has 0 atom stereocenters. The second-order valence-electron chi connectivity index (χ2n) is 6.64. The molecule has 1 fully saturated rings. The number of ether oxygens (including phenoxy) is 1. The third-order valence-corrected chi connectivity index (χ3v) is 6.76. The van der Waals surface area contributed by atoms with Crippen LogP contribution in [0.3, 0.4) is 0 Å². The Hall–Kier alpha value is -2.16. The number of nitrogens with one attached hydrogen (secondary N) is 1. The molecule has 2 aromatic rings. The molecule has 0 unspecified atom stereocenters. The summed E-state index contributed by atoms with van der Waals surface area (Å²) in [6.07, 6.45) is 2.60. The number of piperidine rings is 1. The molecule has 0 bridgehead atoms. The summed E-state index contributed by atoms with van der Waals surface area (Å²) in [7, 11) is -3.79. The zero-order valence-electron chi connectivity index (χ0n) is 16.0. The number of sulfonamides is 1. The first-order chi connectivity index (χ1) is 13.8. The van der Waals surface area contributed by atoms with Crippen molar-refractivity contribution in [2.24, 2.45) is 0 Å². The van der Waals surface area contributed by atoms with Gasteiger partial charge in [-0.15, -0.1) is 0 Å². The summed E-state index contributed by atoms with van der Waals surface area (Å²) in [5.74, 6) is -1.25. The van der Waals surface area contributed by atoms with E-state index in [4.69, 9.17) is 16.3 Å². The molecule has 1 heterocycles. The smallest absolute Gasteiger partial charge is 0.258 e. The number of halogens is 2. The van der Waals surface area contributed by atoms with E-state index in [1.807, 2.05) is 0 Å². The van der Waals surface area contributed by atoms with Gasteiger partial charge in [0.1, 0.15) is 16.5 Å². The molecular formula is C20H22ClFN2O4S. The van der Waals surface area contributed by atoms with Crippen molar-refractivity contribution >= 4 is 33.2 Å². The van der Waals surface area contributed by atoms with E-state index in [9.17, 15) is 17.6 Å². The number of rotatable bonds is 6. The van der Waals surface area contributed by atoms with Gasteiger partial charge in [-0.05, 0) is 56.2 Å². The fourth-order valence-electron chi connectivity index (χ4n) is 3.18. The van der Waals surface area contributed by atoms with Gasteiger partial charge in [0, 0.05) is 23.8 Å². The number of hydrogen-bond acceptors (Lipinski definition) is 4. The third kappa shape index (κ3) is 4.88. The number of anilines is 1. The van der Waals surface area contributed by atoms with Crippen LogP contribution < -0.4 is 10.1 Å². The summed E-state index contributed by atoms with van der Waals surface area (Å²) in [5.41, 5.74) is 0.0344. The first-order valence-corrected chi connectivity index (χ1v) is 11.2. The molecule has 6 nitrogen and oxygen atoms in total. The summed E-state index contributed by atoms with van der Waals surface area (Å²) in [4.78, 5) is 12.4. The molecule has 1 saturated heterocycles. The molecule has 0 aliphatic carbocycles. The van der Waals surface area contributed by atoms with Crippen molar-refractivity contribution in [1.29, 1.82) is 0 Å². The summed E-state index contributed by atoms with van der Waals surface area (Å²) >= 11 is 5.72. The van der Waals surface area contributed by atoms with E-state index in [0.717, 1.165) is 25.3 Å². The Morgan fingerprint density at radius 3 is 2.55 bits per heavy atom. The second-order valence-corrected chi connectivity index (χ2v) is 8.98. The number of amides is 1. The molecule has 156 valence electrons. The molecule has 1 aliphatic rings. The molecule has 3 rings (SSSR count). The van der Waals surface area contributed by atoms with Crippen molar-refractivity contribution in [1.82, 2.24) is 4.31 Å². The quantitative estimate of drug-likeness (QED) is 0.726. The van der Waals surface area contributed by atoms with Gasteiger partial charge >= 0.3 is 0 Å². The average molecular weight is 441 g/mol. The van der Waals surface area contributed by atoms with E-state index < -0.39 is 21.7 Å². The van der Waals surface area contributed by atoms with Gasteiger partial charge in [-0.25, -0.2) is 12.8 Å². The first kappa shape index (κ1) is 21.5. The van der Waals surface area contributed by atoms with Crippen LogP contribution in [0.2, 0.25) is 5.02 Å². The van der Waals surface area contributed by atoms with Crippen molar-refractivity contribution in [3.8, 4) is 5.75 Å². The van der Waals surface area contributed by atoms with Crippen LogP contribution in [0.25, 0.3) is 0 Å². The Morgan fingerprint density at radius 1 is 1.17 bits per heavy atom. The Balaban J connectivity index is 1.93. The maximum atomic E-state index is 14.0. The first-order valence-electron chi connectivity index (χ1n) is 9.36. The van der Waals surface area contributed by atoms with Gasteiger partial charge in [0.15, 0.2) is 0 Å². The lowest BCUT2D eigenvalue weighted by Gasteiger charge is -2.27. The summed E-state index contributed by atoms with van der Waals surface area (Å²) in [6, 6.07) is 8.08. The van der Waals surface area contributed by atoms with Crippen LogP contribution in [0.1, 0.15) is 36.5 Å². The maximum Gasteiger partial charge on any atom is 0.258 e. The molecule has 0 aromatic heterocycles. The molecule has 1 amide bonds. The van der Waals surface area contributed by atoms with Gasteiger partial charge in [0.2, 0.25) is 10.0 Å². The van der Waals surface area contributed by atoms with Crippen molar-refractivity contribution in [3.05, 3.63) is 52.8 Å². The minimum Gasteiger partial charge on any atom is -0.492 e. The maximum absolute atomic E-state index is 14.0. The Labute approximate surface area is 174 Å². The summed E-state index contributed by atoms with van der Waals surface area (Å²) in [5, 5.41) is 2.72. The van der Waals surface area contributed by atoms with Crippen LogP contribution in [-0.2, 0) is 10.0 Å². The molecule has 29 heavy (non-hydrogen) atoms. The zero-order valence-corrected chi connectivity index (χ0v) is 17.5. The minimum absolute atomic E-state index is 0.0179. The van der Waals surface area contributed by atoms with Gasteiger partial charge in [0.05, 0.1) is 12.2 Å². The zero-order chi connectivity index (χ0) is 21.0. The number of hydrogen-bond donors (Lipinski definition) is 1. The van der Waals surface area contributed by atoms with Crippen LogP contribution in [0.15, 0.2) is 41.3 Å². The van der Waals surface area contributed by atoms with Crippen LogP contribution in [0.5, 0.6) is 5.75 Å². The largest absolute Gasteiger partial charge is 0.492 e. The fraction of sp³-hybridized carbons (Fsp3) is 0.350. The minimum atomic E-state index is -3.79. The second kappa shape index (κ2) is 9.11. The van der Waals surface area contributed by atoms with Crippen molar-refractivity contribution in [3.63, 3.8) is 0 Å². The van der Waals surface area contributed by atoms with Crippen molar-refractivity contribution in [2.75, 3.05) is 25.0 Å². The highest BCUT2D eigenvalue weighted by Gasteiger charge is 2.29. The highest BCUT2D eigenvalue weighted by Crippen LogP contribution is 2.31. The van der Waals surface area contributed by atoms with Crippen molar-refractivity contribution < 1.29 is 22.3 Å². The molecule has 1 aliphatic heterocycles. The lowest BCUT2D eigenvalue weighted by molar-refractivity contribution is 0.102. The Morgan fingerprint density at radius 2 is 1.90 bits per heavy atom. The fourth-order valence-corrected chi connectivity index (χ4v) is 5.01. The number of carbonyl (C=O) groups is 1. The highest BCUT2D eigenvalue weighted by molar-refractivity contribution is 7.89. The van der Waals surface area contributed by atoms with Gasteiger partial charge in [-0.1, -0.05) is 18.0 Å². The van der Waals surface area contributed by atoms with Crippen molar-refractivity contribution in [2.45, 2.75) is 31.1 Å². The van der Waals surface area contributed by atoms with Crippen LogP contribution in [-0.4, -0.2) is 38.3 Å². The monoisotopic (exact) mass is 440 g/mol. The van der Waals surface area contributed by atoms with E-state index in [1.54, 1.807) is 6.92 Å². The summed E-state index contributed by atoms with van der Waals surface area (Å²) < 4.78 is 47.2. The lowest BCUT2D eigenvalue weighted by Crippen LogP contribution is -2.35. The highest BCUT2D eigenvalue weighted by atomic mass is 35.5. The molecule has 0 spiro atoms. The van der Waals surface area contributed by atoms with Gasteiger partial charge in [-0.3, -0.25) is 4.79 Å². The third-order valence-electron chi connectivity index (χ3n) is 4.61. The predicted octanol–water partition coefficient (Wildman–Crippen LogP) is 4.30. The number of carbonyl (C=O) groups excluding carboxylic acids is 1. The van der Waals surface area contributed by atoms with E-state index >= 15 is 0 Å². The number of benzene rings is 2. The predicted molar refractivity (Wildman–Crippen MR) is 110 cm³/mol. The van der Waals surface area contributed by atoms with E-state index in [-0.39, 0.29) is 26.9 Å². The molecule has 0 saturated carbocycles. The topological polar surface area (TPSA) is 75.7 Å². The molecule has 0 radical (unpaired) electrons. The summed E-state index contributed by atoms with van der Waals surface area (Å²) in [6.45, 7) is 2.95. The van der Waals surface area contributed by atoms with E-state index in [2.05, 4.69) is 5.32 Å². The average Bonchev–Trinajstić information content (AvgIpc) is 2.69. The van der Waals surface area contributed by atoms with Crippen LogP contribution >= 0.6 is 11.6 Å². The lowest BCUT2D eigenvalue weighted by atomic mass is 10.2. The molecule has 2 aromatic carbocycles. The normalized spacial score (nSPS) is 15.1. The van der Waals surface area contributed by atoms with E-state index in [1.165, 1.54) is 34.6 Å². The van der Waals surface area contributed by atoms with Crippen LogP contribution in [0.4, 0.5) is 10.1 Å². The molecule has 1 N–H and O–H groups in total. The molecule has 9 heteroatoms. The number of nitrogens with zero attached hydrogens (tertiary/aromatic N) is 1. The molecular weight excluding hydrogens is 419 g/mol. The Bertz CT molecular complexity index is 1010. The van der Waals surface area contributed by atoms with Gasteiger partial charge in [-0.2, -0.15) is 4.31 Å². The van der Waals surface area contributed by atoms with Crippen LogP contribution in [0, 0.1) is 5.82 Å². The standard InChI is InChI=1S/C20H22ClFN2O4S/c1-2-28-18-9-7-15(23-20(25)16-8-6-14(21)12-17(16)22)13-19(18)29(26,27)24-10-4-3-5-11-24/h6-9,12-13H,2-5,10-11H2,1H3,(H,23,25). The van der Waals surface area contributed by atoms with Gasteiger partial charge in [0.25, 0.3) is 5.91 Å². The SMILES string of the molecule is CCOc1ccc(NC(=O)c2ccc(Cl)cc2F)cc1S(=O)(=O)N1CCCCC1.